The Morgan fingerprint density at radius 1 is 1.30 bits per heavy atom. The van der Waals surface area contributed by atoms with Gasteiger partial charge < -0.3 is 15.8 Å². The van der Waals surface area contributed by atoms with Crippen LogP contribution in [0, 0.1) is 5.82 Å². The number of hydrogen-bond donors (Lipinski definition) is 2. The molecule has 3 N–H and O–H groups in total. The molecule has 0 saturated heterocycles. The molecule has 20 heavy (non-hydrogen) atoms. The molecule has 0 aliphatic carbocycles. The zero-order valence-corrected chi connectivity index (χ0v) is 11.4. The standard InChI is InChI=1S/C15H18FN3O/c1-2-20-15-5-3-4-14(19-15)18-10-12-7-6-11(9-17)8-13(12)16/h3-8H,2,9-10,17H2,1H3,(H,18,19). The lowest BCUT2D eigenvalue weighted by atomic mass is 10.1. The van der Waals surface area contributed by atoms with Crippen molar-refractivity contribution >= 4 is 5.82 Å². The SMILES string of the molecule is CCOc1cccc(NCc2ccc(CN)cc2F)n1. The largest absolute Gasteiger partial charge is 0.478 e. The summed E-state index contributed by atoms with van der Waals surface area (Å²) in [7, 11) is 0. The molecule has 106 valence electrons. The van der Waals surface area contributed by atoms with Gasteiger partial charge in [0.05, 0.1) is 6.61 Å². The van der Waals surface area contributed by atoms with Gasteiger partial charge in [0, 0.05) is 24.7 Å². The van der Waals surface area contributed by atoms with Crippen molar-refractivity contribution < 1.29 is 9.13 Å². The highest BCUT2D eigenvalue weighted by atomic mass is 19.1. The first-order chi connectivity index (χ1) is 9.72. The van der Waals surface area contributed by atoms with Crippen molar-refractivity contribution in [2.45, 2.75) is 20.0 Å². The third-order valence-corrected chi connectivity index (χ3v) is 2.83. The fourth-order valence-electron chi connectivity index (χ4n) is 1.79. The number of nitrogens with one attached hydrogen (secondary N) is 1. The molecule has 0 aliphatic rings. The first-order valence-electron chi connectivity index (χ1n) is 6.54. The maximum absolute atomic E-state index is 13.8. The number of hydrogen-bond acceptors (Lipinski definition) is 4. The van der Waals surface area contributed by atoms with Crippen molar-refractivity contribution in [2.75, 3.05) is 11.9 Å². The summed E-state index contributed by atoms with van der Waals surface area (Å²) in [6.45, 7) is 3.16. The van der Waals surface area contributed by atoms with Gasteiger partial charge in [0.2, 0.25) is 5.88 Å². The first-order valence-corrected chi connectivity index (χ1v) is 6.54. The van der Waals surface area contributed by atoms with Gasteiger partial charge in [0.25, 0.3) is 0 Å². The van der Waals surface area contributed by atoms with Gasteiger partial charge in [-0.3, -0.25) is 0 Å². The molecule has 2 aromatic rings. The van der Waals surface area contributed by atoms with E-state index in [9.17, 15) is 4.39 Å². The zero-order chi connectivity index (χ0) is 14.4. The highest BCUT2D eigenvalue weighted by Gasteiger charge is 2.04. The number of halogens is 1. The van der Waals surface area contributed by atoms with Crippen molar-refractivity contribution in [3.05, 3.63) is 53.3 Å². The molecule has 1 aromatic heterocycles. The van der Waals surface area contributed by atoms with Crippen LogP contribution >= 0.6 is 0 Å². The van der Waals surface area contributed by atoms with Crippen LogP contribution in [0.1, 0.15) is 18.1 Å². The van der Waals surface area contributed by atoms with Crippen LogP contribution < -0.4 is 15.8 Å². The van der Waals surface area contributed by atoms with Gasteiger partial charge >= 0.3 is 0 Å². The van der Waals surface area contributed by atoms with Crippen LogP contribution in [0.5, 0.6) is 5.88 Å². The molecule has 0 bridgehead atoms. The quantitative estimate of drug-likeness (QED) is 0.851. The maximum atomic E-state index is 13.8. The monoisotopic (exact) mass is 275 g/mol. The maximum Gasteiger partial charge on any atom is 0.215 e. The number of benzene rings is 1. The second kappa shape index (κ2) is 6.86. The summed E-state index contributed by atoms with van der Waals surface area (Å²) in [6.07, 6.45) is 0. The summed E-state index contributed by atoms with van der Waals surface area (Å²) in [5.74, 6) is 0.941. The van der Waals surface area contributed by atoms with Crippen LogP contribution in [0.25, 0.3) is 0 Å². The van der Waals surface area contributed by atoms with Crippen LogP contribution in [0.15, 0.2) is 36.4 Å². The van der Waals surface area contributed by atoms with E-state index in [1.807, 2.05) is 25.1 Å². The lowest BCUT2D eigenvalue weighted by Crippen LogP contribution is -2.05. The average molecular weight is 275 g/mol. The molecule has 0 unspecified atom stereocenters. The number of nitrogens with two attached hydrogens (primary N) is 1. The predicted octanol–water partition coefficient (Wildman–Crippen LogP) is 2.69. The smallest absolute Gasteiger partial charge is 0.215 e. The van der Waals surface area contributed by atoms with Gasteiger partial charge in [-0.25, -0.2) is 4.39 Å². The van der Waals surface area contributed by atoms with Crippen molar-refractivity contribution in [2.24, 2.45) is 5.73 Å². The number of nitrogens with zero attached hydrogens (tertiary/aromatic N) is 1. The highest BCUT2D eigenvalue weighted by molar-refractivity contribution is 5.38. The molecule has 1 heterocycles. The Kier molecular flexibility index (Phi) is 4.90. The second-order valence-corrected chi connectivity index (χ2v) is 4.28. The third-order valence-electron chi connectivity index (χ3n) is 2.83. The zero-order valence-electron chi connectivity index (χ0n) is 11.4. The van der Waals surface area contributed by atoms with Gasteiger partial charge in [0.15, 0.2) is 0 Å². The summed E-state index contributed by atoms with van der Waals surface area (Å²) in [6, 6.07) is 10.5. The summed E-state index contributed by atoms with van der Waals surface area (Å²) < 4.78 is 19.1. The number of rotatable bonds is 6. The molecule has 1 aromatic carbocycles. The Morgan fingerprint density at radius 2 is 2.15 bits per heavy atom. The Hall–Kier alpha value is -2.14. The molecule has 0 aliphatic heterocycles. The summed E-state index contributed by atoms with van der Waals surface area (Å²) in [4.78, 5) is 4.27. The third kappa shape index (κ3) is 3.68. The minimum absolute atomic E-state index is 0.263. The van der Waals surface area contributed by atoms with Crippen LogP contribution in [0.3, 0.4) is 0 Å². The predicted molar refractivity (Wildman–Crippen MR) is 77.0 cm³/mol. The lowest BCUT2D eigenvalue weighted by molar-refractivity contribution is 0.327. The molecule has 0 saturated carbocycles. The summed E-state index contributed by atoms with van der Waals surface area (Å²) >= 11 is 0. The van der Waals surface area contributed by atoms with Crippen molar-refractivity contribution in [3.63, 3.8) is 0 Å². The molecule has 5 heteroatoms. The van der Waals surface area contributed by atoms with Gasteiger partial charge in [-0.2, -0.15) is 4.98 Å². The van der Waals surface area contributed by atoms with Crippen molar-refractivity contribution in [1.29, 1.82) is 0 Å². The minimum atomic E-state index is -0.263. The highest BCUT2D eigenvalue weighted by Crippen LogP contribution is 2.15. The minimum Gasteiger partial charge on any atom is -0.478 e. The van der Waals surface area contributed by atoms with Gasteiger partial charge in [0.1, 0.15) is 11.6 Å². The summed E-state index contributed by atoms with van der Waals surface area (Å²) in [5.41, 5.74) is 6.83. The molecule has 0 atom stereocenters. The van der Waals surface area contributed by atoms with Crippen molar-refractivity contribution in [1.82, 2.24) is 4.98 Å². The van der Waals surface area contributed by atoms with E-state index in [1.165, 1.54) is 6.07 Å². The Balaban J connectivity index is 2.03. The fourth-order valence-corrected chi connectivity index (χ4v) is 1.79. The van der Waals surface area contributed by atoms with E-state index in [0.717, 1.165) is 5.56 Å². The molecular weight excluding hydrogens is 257 g/mol. The number of pyridine rings is 1. The van der Waals surface area contributed by atoms with E-state index in [2.05, 4.69) is 10.3 Å². The van der Waals surface area contributed by atoms with Crippen LogP contribution in [0.4, 0.5) is 10.2 Å². The van der Waals surface area contributed by atoms with E-state index in [-0.39, 0.29) is 5.82 Å². The van der Waals surface area contributed by atoms with Gasteiger partial charge in [-0.1, -0.05) is 18.2 Å². The van der Waals surface area contributed by atoms with Crippen molar-refractivity contribution in [3.8, 4) is 5.88 Å². The second-order valence-electron chi connectivity index (χ2n) is 4.28. The van der Waals surface area contributed by atoms with E-state index >= 15 is 0 Å². The average Bonchev–Trinajstić information content (AvgIpc) is 2.46. The van der Waals surface area contributed by atoms with Crippen LogP contribution in [0.2, 0.25) is 0 Å². The van der Waals surface area contributed by atoms with Crippen LogP contribution in [-0.4, -0.2) is 11.6 Å². The normalized spacial score (nSPS) is 10.3. The number of anilines is 1. The van der Waals surface area contributed by atoms with E-state index in [1.54, 1.807) is 12.1 Å². The lowest BCUT2D eigenvalue weighted by Gasteiger charge is -2.09. The molecule has 2 rings (SSSR count). The van der Waals surface area contributed by atoms with E-state index < -0.39 is 0 Å². The van der Waals surface area contributed by atoms with Gasteiger partial charge in [-0.15, -0.1) is 0 Å². The molecular formula is C15H18FN3O. The fraction of sp³-hybridized carbons (Fsp3) is 0.267. The molecule has 0 amide bonds. The summed E-state index contributed by atoms with van der Waals surface area (Å²) in [5, 5.41) is 3.08. The van der Waals surface area contributed by atoms with E-state index in [0.29, 0.717) is 37.0 Å². The van der Waals surface area contributed by atoms with Gasteiger partial charge in [-0.05, 0) is 24.6 Å². The Bertz CT molecular complexity index is 575. The molecule has 0 fully saturated rings. The number of ether oxygens (including phenoxy) is 1. The molecule has 4 nitrogen and oxygen atoms in total. The topological polar surface area (TPSA) is 60.2 Å². The number of aromatic nitrogens is 1. The Morgan fingerprint density at radius 3 is 2.85 bits per heavy atom. The molecule has 0 spiro atoms. The van der Waals surface area contributed by atoms with E-state index in [4.69, 9.17) is 10.5 Å². The van der Waals surface area contributed by atoms with Crippen LogP contribution in [-0.2, 0) is 13.1 Å². The first kappa shape index (κ1) is 14.3. The molecule has 0 radical (unpaired) electrons. The Labute approximate surface area is 117 Å².